The molecule has 0 unspecified atom stereocenters. The summed E-state index contributed by atoms with van der Waals surface area (Å²) in [6.45, 7) is 15.8. The van der Waals surface area contributed by atoms with E-state index in [0.717, 1.165) is 37.4 Å². The molecule has 0 radical (unpaired) electrons. The van der Waals surface area contributed by atoms with Crippen molar-refractivity contribution in [3.8, 4) is 0 Å². The molecule has 0 spiro atoms. The second-order valence-corrected chi connectivity index (χ2v) is 14.1. The standard InChI is InChI=1S/C42H44ClN2.HI/c1-7-44-34-24-20-28-14-9-11-18-32(28)38(34)41(3,4)36(44)26-22-30-16-13-17-31(40(30)43)23-27-37-42(5,6)39-33-19-12-10-15-29(33)21-25-35(39)45(37)8-2;/h9-12,14-15,18-27H,7-8,13,16-17H2,1-6H3;1H/q+1;/p-1. The lowest BCUT2D eigenvalue weighted by Crippen LogP contribution is -3.00. The van der Waals surface area contributed by atoms with Crippen LogP contribution < -0.4 is 28.9 Å². The van der Waals surface area contributed by atoms with Gasteiger partial charge in [0, 0.05) is 46.1 Å². The van der Waals surface area contributed by atoms with E-state index in [0.29, 0.717) is 0 Å². The van der Waals surface area contributed by atoms with Crippen molar-refractivity contribution in [2.75, 3.05) is 18.0 Å². The molecule has 4 aromatic rings. The summed E-state index contributed by atoms with van der Waals surface area (Å²) in [6, 6.07) is 26.7. The maximum absolute atomic E-state index is 7.23. The molecule has 1 aliphatic carbocycles. The van der Waals surface area contributed by atoms with E-state index in [1.807, 2.05) is 0 Å². The van der Waals surface area contributed by atoms with Gasteiger partial charge in [0.15, 0.2) is 5.71 Å². The van der Waals surface area contributed by atoms with Crippen LogP contribution in [0.25, 0.3) is 21.5 Å². The van der Waals surface area contributed by atoms with Crippen LogP contribution in [0.15, 0.2) is 119 Å². The largest absolute Gasteiger partial charge is 1.00 e. The topological polar surface area (TPSA) is 6.25 Å². The quantitative estimate of drug-likeness (QED) is 0.148. The van der Waals surface area contributed by atoms with Crippen LogP contribution in [0.2, 0.25) is 0 Å². The molecule has 2 heterocycles. The first-order chi connectivity index (χ1) is 21.7. The van der Waals surface area contributed by atoms with Gasteiger partial charge in [-0.3, -0.25) is 0 Å². The normalized spacial score (nSPS) is 20.4. The lowest BCUT2D eigenvalue weighted by atomic mass is 9.78. The van der Waals surface area contributed by atoms with E-state index in [1.54, 1.807) is 0 Å². The summed E-state index contributed by atoms with van der Waals surface area (Å²) in [7, 11) is 0. The number of benzene rings is 4. The summed E-state index contributed by atoms with van der Waals surface area (Å²) in [5, 5.41) is 6.22. The number of anilines is 1. The van der Waals surface area contributed by atoms with Crippen LogP contribution in [-0.2, 0) is 10.8 Å². The molecule has 0 saturated heterocycles. The van der Waals surface area contributed by atoms with Crippen LogP contribution >= 0.6 is 11.6 Å². The van der Waals surface area contributed by atoms with Gasteiger partial charge in [-0.05, 0) is 103 Å². The van der Waals surface area contributed by atoms with Crippen LogP contribution in [0.1, 0.15) is 71.9 Å². The van der Waals surface area contributed by atoms with Crippen LogP contribution in [0, 0.1) is 0 Å². The molecule has 0 amide bonds. The Bertz CT molecular complexity index is 2020. The number of likely N-dealkylation sites (N-methyl/N-ethyl adjacent to an activating group) is 1. The van der Waals surface area contributed by atoms with E-state index in [1.165, 1.54) is 66.6 Å². The fourth-order valence-electron chi connectivity index (χ4n) is 8.32. The highest BCUT2D eigenvalue weighted by Gasteiger charge is 2.45. The minimum Gasteiger partial charge on any atom is -1.00 e. The molecule has 4 aromatic carbocycles. The van der Waals surface area contributed by atoms with Crippen molar-refractivity contribution in [3.05, 3.63) is 130 Å². The predicted octanol–water partition coefficient (Wildman–Crippen LogP) is 8.25. The predicted molar refractivity (Wildman–Crippen MR) is 194 cm³/mol. The van der Waals surface area contributed by atoms with Gasteiger partial charge in [-0.25, -0.2) is 0 Å². The Morgan fingerprint density at radius 1 is 0.761 bits per heavy atom. The zero-order valence-electron chi connectivity index (χ0n) is 27.9. The molecule has 2 aliphatic heterocycles. The molecule has 2 nitrogen and oxygen atoms in total. The van der Waals surface area contributed by atoms with Gasteiger partial charge in [-0.2, -0.15) is 4.58 Å². The summed E-state index contributed by atoms with van der Waals surface area (Å²) in [5.41, 5.74) is 10.4. The molecule has 0 saturated carbocycles. The van der Waals surface area contributed by atoms with E-state index in [9.17, 15) is 0 Å². The molecule has 4 heteroatoms. The molecule has 0 aromatic heterocycles. The summed E-state index contributed by atoms with van der Waals surface area (Å²) in [5.74, 6) is 0. The lowest BCUT2D eigenvalue weighted by molar-refractivity contribution is -0.433. The van der Waals surface area contributed by atoms with Gasteiger partial charge in [-0.1, -0.05) is 92.2 Å². The third-order valence-corrected chi connectivity index (χ3v) is 11.0. The van der Waals surface area contributed by atoms with Crippen molar-refractivity contribution in [2.45, 2.75) is 71.6 Å². The number of hydrogen-bond donors (Lipinski definition) is 0. The molecule has 0 atom stereocenters. The number of halogens is 2. The second-order valence-electron chi connectivity index (χ2n) is 13.8. The van der Waals surface area contributed by atoms with Crippen molar-refractivity contribution in [1.29, 1.82) is 0 Å². The van der Waals surface area contributed by atoms with Crippen LogP contribution in [0.3, 0.4) is 0 Å². The van der Waals surface area contributed by atoms with Gasteiger partial charge in [0.05, 0.1) is 5.41 Å². The Morgan fingerprint density at radius 3 is 2.09 bits per heavy atom. The molecule has 3 aliphatic rings. The zero-order valence-corrected chi connectivity index (χ0v) is 30.8. The van der Waals surface area contributed by atoms with E-state index < -0.39 is 0 Å². The molecule has 0 fully saturated rings. The summed E-state index contributed by atoms with van der Waals surface area (Å²) in [6.07, 6.45) is 12.4. The molecule has 236 valence electrons. The Morgan fingerprint density at radius 2 is 1.41 bits per heavy atom. The molecule has 0 bridgehead atoms. The van der Waals surface area contributed by atoms with Crippen LogP contribution in [-0.4, -0.2) is 23.4 Å². The highest BCUT2D eigenvalue weighted by atomic mass is 127. The minimum absolute atomic E-state index is 0. The van der Waals surface area contributed by atoms with Gasteiger partial charge >= 0.3 is 0 Å². The van der Waals surface area contributed by atoms with Gasteiger partial charge < -0.3 is 28.9 Å². The maximum atomic E-state index is 7.23. The van der Waals surface area contributed by atoms with Crippen molar-refractivity contribution in [1.82, 2.24) is 0 Å². The van der Waals surface area contributed by atoms with Gasteiger partial charge in [-0.15, -0.1) is 0 Å². The lowest BCUT2D eigenvalue weighted by Gasteiger charge is -2.26. The van der Waals surface area contributed by atoms with Crippen LogP contribution in [0.4, 0.5) is 11.4 Å². The minimum atomic E-state index is -0.107. The third kappa shape index (κ3) is 5.09. The Hall–Kier alpha value is -3.15. The fraction of sp³-hybridized carbons (Fsp3) is 0.310. The van der Waals surface area contributed by atoms with E-state index >= 15 is 0 Å². The molecule has 46 heavy (non-hydrogen) atoms. The number of fused-ring (bicyclic) bond motifs is 6. The Labute approximate surface area is 296 Å². The summed E-state index contributed by atoms with van der Waals surface area (Å²) < 4.78 is 2.49. The molecule has 7 rings (SSSR count). The number of allylic oxidation sites excluding steroid dienone is 8. The van der Waals surface area contributed by atoms with E-state index in [4.69, 9.17) is 11.6 Å². The summed E-state index contributed by atoms with van der Waals surface area (Å²) in [4.78, 5) is 2.49. The Kier molecular flexibility index (Phi) is 8.88. The van der Waals surface area contributed by atoms with Gasteiger partial charge in [0.1, 0.15) is 6.54 Å². The van der Waals surface area contributed by atoms with E-state index in [-0.39, 0.29) is 34.8 Å². The molecular weight excluding hydrogens is 695 g/mol. The monoisotopic (exact) mass is 738 g/mol. The number of hydrogen-bond acceptors (Lipinski definition) is 1. The average molecular weight is 739 g/mol. The van der Waals surface area contributed by atoms with Crippen molar-refractivity contribution in [2.24, 2.45) is 0 Å². The highest BCUT2D eigenvalue weighted by Crippen LogP contribution is 2.51. The maximum Gasteiger partial charge on any atom is 0.210 e. The smallest absolute Gasteiger partial charge is 0.210 e. The molecule has 0 N–H and O–H groups in total. The average Bonchev–Trinajstić information content (AvgIpc) is 3.41. The third-order valence-electron chi connectivity index (χ3n) is 10.5. The molecular formula is C42H44ClIN2. The number of rotatable bonds is 5. The zero-order chi connectivity index (χ0) is 31.5. The first-order valence-corrected chi connectivity index (χ1v) is 17.0. The van der Waals surface area contributed by atoms with Crippen molar-refractivity contribution < 1.29 is 28.6 Å². The van der Waals surface area contributed by atoms with Crippen molar-refractivity contribution >= 4 is 50.2 Å². The Balaban J connectivity index is 0.00000372. The summed E-state index contributed by atoms with van der Waals surface area (Å²) >= 11 is 7.23. The first-order valence-electron chi connectivity index (χ1n) is 16.6. The number of nitrogens with zero attached hydrogens (tertiary/aromatic N) is 2. The van der Waals surface area contributed by atoms with Gasteiger partial charge in [0.2, 0.25) is 5.69 Å². The van der Waals surface area contributed by atoms with Crippen molar-refractivity contribution in [3.63, 3.8) is 0 Å². The highest BCUT2D eigenvalue weighted by molar-refractivity contribution is 6.32. The van der Waals surface area contributed by atoms with Gasteiger partial charge in [0.25, 0.3) is 0 Å². The first kappa shape index (κ1) is 32.8. The van der Waals surface area contributed by atoms with E-state index in [2.05, 4.69) is 148 Å². The SMILES string of the molecule is CCN1C(=CC=C2CCCC(/C=C/C3=[N+](CC)c4ccc5ccccc5c4C3(C)C)=C2Cl)C(C)(C)c2c1ccc1ccccc21.[I-]. The second kappa shape index (κ2) is 12.5. The fourth-order valence-corrected chi connectivity index (χ4v) is 8.63. The van der Waals surface area contributed by atoms with Crippen LogP contribution in [0.5, 0.6) is 0 Å².